The van der Waals surface area contributed by atoms with Crippen LogP contribution in [-0.2, 0) is 12.8 Å². The van der Waals surface area contributed by atoms with Gasteiger partial charge in [-0.2, -0.15) is 0 Å². The number of methoxy groups -OCH3 is 7. The number of rotatable bonds is 14. The number of ketones is 1. The molecule has 0 spiro atoms. The quantitative estimate of drug-likeness (QED) is 0.216. The molecule has 208 valence electrons. The predicted octanol–water partition coefficient (Wildman–Crippen LogP) is 5.34. The molecule has 0 unspecified atom stereocenters. The zero-order valence-corrected chi connectivity index (χ0v) is 23.4. The van der Waals surface area contributed by atoms with Crippen LogP contribution < -0.4 is 38.5 Å². The third-order valence-corrected chi connectivity index (χ3v) is 6.11. The van der Waals surface area contributed by atoms with E-state index in [-0.39, 0.29) is 5.78 Å². The van der Waals surface area contributed by atoms with Crippen molar-refractivity contribution in [1.82, 2.24) is 0 Å². The highest BCUT2D eigenvalue weighted by atomic mass is 16.5. The summed E-state index contributed by atoms with van der Waals surface area (Å²) >= 11 is 0. The van der Waals surface area contributed by atoms with Gasteiger partial charge in [0.2, 0.25) is 11.5 Å². The van der Waals surface area contributed by atoms with Crippen LogP contribution >= 0.6 is 0 Å². The standard InChI is InChI=1S/C30H35NO8/c1-33-24-11-10-19(8-9-20-15-25(34-2)29(38-6)26(16-20)35-3)14-22(24)31-13-12-23(32)21-17-27(36-4)30(39-7)28(18-21)37-5/h10-18,31H,8-9H2,1-7H3/b13-12-. The van der Waals surface area contributed by atoms with Crippen LogP contribution in [-0.4, -0.2) is 55.6 Å². The molecule has 0 aliphatic carbocycles. The number of benzene rings is 3. The number of carbonyl (C=O) groups excluding carboxylic acids is 1. The minimum atomic E-state index is -0.237. The fraction of sp³-hybridized carbons (Fsp3) is 0.300. The van der Waals surface area contributed by atoms with Crippen LogP contribution in [0.5, 0.6) is 40.2 Å². The Hall–Kier alpha value is -4.53. The second-order valence-corrected chi connectivity index (χ2v) is 8.32. The lowest BCUT2D eigenvalue weighted by molar-refractivity contribution is 0.104. The summed E-state index contributed by atoms with van der Waals surface area (Å²) in [6.07, 6.45) is 4.51. The van der Waals surface area contributed by atoms with E-state index in [2.05, 4.69) is 5.32 Å². The van der Waals surface area contributed by atoms with Crippen LogP contribution in [0.4, 0.5) is 5.69 Å². The van der Waals surface area contributed by atoms with Gasteiger partial charge in [0.1, 0.15) is 5.75 Å². The normalized spacial score (nSPS) is 10.6. The van der Waals surface area contributed by atoms with Gasteiger partial charge in [-0.3, -0.25) is 4.79 Å². The molecular weight excluding hydrogens is 502 g/mol. The third-order valence-electron chi connectivity index (χ3n) is 6.11. The summed E-state index contributed by atoms with van der Waals surface area (Å²) in [6, 6.07) is 13.0. The zero-order valence-electron chi connectivity index (χ0n) is 23.4. The monoisotopic (exact) mass is 537 g/mol. The van der Waals surface area contributed by atoms with Crippen LogP contribution in [0, 0.1) is 0 Å². The average molecular weight is 538 g/mol. The lowest BCUT2D eigenvalue weighted by atomic mass is 10.0. The molecular formula is C30H35NO8. The van der Waals surface area contributed by atoms with E-state index < -0.39 is 0 Å². The fourth-order valence-electron chi connectivity index (χ4n) is 4.12. The lowest BCUT2D eigenvalue weighted by Crippen LogP contribution is -2.02. The first-order chi connectivity index (χ1) is 18.9. The van der Waals surface area contributed by atoms with Gasteiger partial charge in [0, 0.05) is 17.8 Å². The number of aryl methyl sites for hydroxylation is 2. The van der Waals surface area contributed by atoms with Crippen molar-refractivity contribution in [2.24, 2.45) is 0 Å². The summed E-state index contributed by atoms with van der Waals surface area (Å²) in [7, 11) is 10.9. The van der Waals surface area contributed by atoms with E-state index >= 15 is 0 Å². The molecule has 0 saturated heterocycles. The Morgan fingerprint density at radius 1 is 0.615 bits per heavy atom. The molecule has 0 heterocycles. The molecule has 0 bridgehead atoms. The van der Waals surface area contributed by atoms with E-state index in [1.807, 2.05) is 30.3 Å². The molecule has 0 fully saturated rings. The molecule has 1 N–H and O–H groups in total. The SMILES string of the molecule is COc1ccc(CCc2cc(OC)c(OC)c(OC)c2)cc1N/C=C\C(=O)c1cc(OC)c(OC)c(OC)c1. The second-order valence-electron chi connectivity index (χ2n) is 8.32. The second kappa shape index (κ2) is 13.9. The highest BCUT2D eigenvalue weighted by Gasteiger charge is 2.16. The molecule has 3 aromatic rings. The van der Waals surface area contributed by atoms with Crippen LogP contribution in [0.15, 0.2) is 54.7 Å². The number of nitrogens with one attached hydrogen (secondary N) is 1. The summed E-state index contributed by atoms with van der Waals surface area (Å²) in [6.45, 7) is 0. The van der Waals surface area contributed by atoms with Gasteiger partial charge >= 0.3 is 0 Å². The van der Waals surface area contributed by atoms with E-state index in [0.29, 0.717) is 45.8 Å². The van der Waals surface area contributed by atoms with Gasteiger partial charge < -0.3 is 38.5 Å². The Balaban J connectivity index is 1.76. The summed E-state index contributed by atoms with van der Waals surface area (Å²) in [4.78, 5) is 12.9. The number of hydrogen-bond acceptors (Lipinski definition) is 9. The van der Waals surface area contributed by atoms with Crippen LogP contribution in [0.3, 0.4) is 0 Å². The van der Waals surface area contributed by atoms with Crippen molar-refractivity contribution in [3.05, 3.63) is 71.4 Å². The van der Waals surface area contributed by atoms with Crippen molar-refractivity contribution in [3.8, 4) is 40.2 Å². The maximum Gasteiger partial charge on any atom is 0.203 e. The minimum Gasteiger partial charge on any atom is -0.495 e. The Kier molecular flexibility index (Phi) is 10.3. The lowest BCUT2D eigenvalue weighted by Gasteiger charge is -2.14. The zero-order chi connectivity index (χ0) is 28.4. The Morgan fingerprint density at radius 2 is 1.10 bits per heavy atom. The van der Waals surface area contributed by atoms with Gasteiger partial charge in [-0.25, -0.2) is 0 Å². The summed E-state index contributed by atoms with van der Waals surface area (Å²) in [5.74, 6) is 3.44. The molecule has 0 radical (unpaired) electrons. The molecule has 3 rings (SSSR count). The summed E-state index contributed by atoms with van der Waals surface area (Å²) < 4.78 is 37.9. The van der Waals surface area contributed by atoms with Crippen molar-refractivity contribution in [1.29, 1.82) is 0 Å². The molecule has 3 aromatic carbocycles. The van der Waals surface area contributed by atoms with E-state index in [4.69, 9.17) is 33.2 Å². The van der Waals surface area contributed by atoms with Crippen molar-refractivity contribution >= 4 is 11.5 Å². The van der Waals surface area contributed by atoms with Gasteiger partial charge in [0.25, 0.3) is 0 Å². The van der Waals surface area contributed by atoms with Crippen molar-refractivity contribution in [2.75, 3.05) is 55.1 Å². The number of anilines is 1. The topological polar surface area (TPSA) is 93.7 Å². The molecule has 0 amide bonds. The largest absolute Gasteiger partial charge is 0.495 e. The smallest absolute Gasteiger partial charge is 0.203 e. The van der Waals surface area contributed by atoms with Crippen molar-refractivity contribution in [3.63, 3.8) is 0 Å². The van der Waals surface area contributed by atoms with Crippen LogP contribution in [0.1, 0.15) is 21.5 Å². The maximum absolute atomic E-state index is 12.9. The van der Waals surface area contributed by atoms with Gasteiger partial charge in [-0.15, -0.1) is 0 Å². The van der Waals surface area contributed by atoms with Crippen LogP contribution in [0.2, 0.25) is 0 Å². The van der Waals surface area contributed by atoms with Gasteiger partial charge in [0.15, 0.2) is 28.8 Å². The van der Waals surface area contributed by atoms with Crippen molar-refractivity contribution in [2.45, 2.75) is 12.8 Å². The Labute approximate surface area is 229 Å². The molecule has 9 heteroatoms. The van der Waals surface area contributed by atoms with E-state index in [0.717, 1.165) is 29.7 Å². The first kappa shape index (κ1) is 29.0. The molecule has 0 saturated carbocycles. The number of allylic oxidation sites excluding steroid dienone is 1. The van der Waals surface area contributed by atoms with E-state index in [9.17, 15) is 4.79 Å². The average Bonchev–Trinajstić information content (AvgIpc) is 2.98. The Bertz CT molecular complexity index is 1270. The van der Waals surface area contributed by atoms with Crippen molar-refractivity contribution < 1.29 is 38.0 Å². The molecule has 0 aliphatic rings. The first-order valence-electron chi connectivity index (χ1n) is 12.2. The van der Waals surface area contributed by atoms with Gasteiger partial charge in [-0.1, -0.05) is 6.07 Å². The Morgan fingerprint density at radius 3 is 1.59 bits per heavy atom. The summed E-state index contributed by atoms with van der Waals surface area (Å²) in [5, 5.41) is 3.16. The summed E-state index contributed by atoms with van der Waals surface area (Å²) in [5.41, 5.74) is 3.25. The molecule has 9 nitrogen and oxygen atoms in total. The molecule has 0 aromatic heterocycles. The van der Waals surface area contributed by atoms with E-state index in [1.54, 1.807) is 46.8 Å². The third kappa shape index (κ3) is 6.87. The minimum absolute atomic E-state index is 0.237. The van der Waals surface area contributed by atoms with Gasteiger partial charge in [-0.05, 0) is 60.4 Å². The van der Waals surface area contributed by atoms with Gasteiger partial charge in [0.05, 0.1) is 55.5 Å². The predicted molar refractivity (Wildman–Crippen MR) is 150 cm³/mol. The number of carbonyl (C=O) groups is 1. The molecule has 0 aliphatic heterocycles. The number of hydrogen-bond donors (Lipinski definition) is 1. The molecule has 0 atom stereocenters. The van der Waals surface area contributed by atoms with Crippen LogP contribution in [0.25, 0.3) is 0 Å². The first-order valence-corrected chi connectivity index (χ1v) is 12.2. The highest BCUT2D eigenvalue weighted by Crippen LogP contribution is 2.39. The van der Waals surface area contributed by atoms with E-state index in [1.165, 1.54) is 27.4 Å². The highest BCUT2D eigenvalue weighted by molar-refractivity contribution is 6.05. The molecule has 39 heavy (non-hydrogen) atoms. The fourth-order valence-corrected chi connectivity index (χ4v) is 4.12. The number of ether oxygens (including phenoxy) is 7. The maximum atomic E-state index is 12.9.